The normalized spacial score (nSPS) is 23.9. The molecule has 0 spiro atoms. The minimum absolute atomic E-state index is 0.00561. The minimum Gasteiger partial charge on any atom is -0.465 e. The van der Waals surface area contributed by atoms with E-state index in [0.29, 0.717) is 16.9 Å². The van der Waals surface area contributed by atoms with Crippen molar-refractivity contribution < 1.29 is 19.4 Å². The molecule has 0 amide bonds. The van der Waals surface area contributed by atoms with Crippen molar-refractivity contribution in [1.82, 2.24) is 0 Å². The molecule has 3 aromatic rings. The maximum absolute atomic E-state index is 12.3. The molecule has 1 aliphatic carbocycles. The molecule has 2 aliphatic rings. The number of alkyl halides is 1. The van der Waals surface area contributed by atoms with Gasteiger partial charge in [0.25, 0.3) is 11.4 Å². The molecular weight excluding hydrogens is 518 g/mol. The van der Waals surface area contributed by atoms with Crippen LogP contribution >= 0.6 is 23.4 Å². The number of esters is 1. The number of carbonyl (C=O) groups excluding carboxylic acids is 1. The van der Waals surface area contributed by atoms with Crippen LogP contribution < -0.4 is 5.32 Å². The summed E-state index contributed by atoms with van der Waals surface area (Å²) in [5, 5.41) is 26.0. The zero-order valence-electron chi connectivity index (χ0n) is 19.6. The first-order valence-corrected chi connectivity index (χ1v) is 12.9. The topological polar surface area (TPSA) is 125 Å². The van der Waals surface area contributed by atoms with Gasteiger partial charge >= 0.3 is 5.97 Å². The van der Waals surface area contributed by atoms with Gasteiger partial charge in [-0.05, 0) is 47.7 Å². The molecule has 1 aliphatic heterocycles. The van der Waals surface area contributed by atoms with Crippen molar-refractivity contribution in [3.8, 4) is 0 Å². The Labute approximate surface area is 221 Å². The lowest BCUT2D eigenvalue weighted by Gasteiger charge is -2.38. The van der Waals surface area contributed by atoms with Gasteiger partial charge in [-0.25, -0.2) is 4.79 Å². The predicted octanol–water partition coefficient (Wildman–Crippen LogP) is 6.33. The summed E-state index contributed by atoms with van der Waals surface area (Å²) in [5.74, 6) is -0.743. The predicted molar refractivity (Wildman–Crippen MR) is 140 cm³/mol. The summed E-state index contributed by atoms with van der Waals surface area (Å²) < 4.78 is 4.90. The molecule has 190 valence electrons. The number of hydrogen-bond acceptors (Lipinski definition) is 8. The first-order valence-electron chi connectivity index (χ1n) is 11.6. The third kappa shape index (κ3) is 4.62. The molecule has 5 atom stereocenters. The fourth-order valence-corrected chi connectivity index (χ4v) is 7.34. The third-order valence-corrected chi connectivity index (χ3v) is 9.13. The van der Waals surface area contributed by atoms with E-state index in [1.807, 2.05) is 6.07 Å². The zero-order valence-corrected chi connectivity index (χ0v) is 21.1. The maximum Gasteiger partial charge on any atom is 0.337 e. The molecule has 3 aromatic carbocycles. The van der Waals surface area contributed by atoms with Crippen LogP contribution in [0.5, 0.6) is 0 Å². The monoisotopic (exact) mass is 539 g/mol. The number of non-ortho nitro benzene ring substituents is 1. The number of anilines is 1. The Hall–Kier alpha value is -3.63. The number of ether oxygens (including phenoxy) is 1. The summed E-state index contributed by atoms with van der Waals surface area (Å²) in [6.45, 7) is 0. The lowest BCUT2D eigenvalue weighted by atomic mass is 9.76. The number of hydrogen-bond donors (Lipinski definition) is 1. The highest BCUT2D eigenvalue weighted by molar-refractivity contribution is 8.00. The quantitative estimate of drug-likeness (QED) is 0.167. The summed E-state index contributed by atoms with van der Waals surface area (Å²) in [6, 6.07) is 18.1. The van der Waals surface area contributed by atoms with Gasteiger partial charge in [-0.1, -0.05) is 24.3 Å². The van der Waals surface area contributed by atoms with Crippen molar-refractivity contribution in [2.75, 3.05) is 12.4 Å². The van der Waals surface area contributed by atoms with Gasteiger partial charge in [0, 0.05) is 35.1 Å². The van der Waals surface area contributed by atoms with Gasteiger partial charge in [0.2, 0.25) is 0 Å². The second kappa shape index (κ2) is 10.0. The molecule has 0 saturated heterocycles. The number of fused-ring (bicyclic) bond motifs is 3. The molecule has 37 heavy (non-hydrogen) atoms. The Morgan fingerprint density at radius 2 is 1.84 bits per heavy atom. The van der Waals surface area contributed by atoms with Gasteiger partial charge in [-0.2, -0.15) is 0 Å². The average Bonchev–Trinajstić information content (AvgIpc) is 3.23. The van der Waals surface area contributed by atoms with Crippen molar-refractivity contribution in [1.29, 1.82) is 0 Å². The standard InChI is InChI=1S/C26H22ClN3O6S/c1-36-26(31)15-9-10-19-17(12-15)23-18(25(28-19)14-5-4-6-16(11-14)29(32)33)13-22(24(23)27)37-21-8-3-2-7-20(21)30(34)35/h2-12,18,22-25,28H,13H2,1H3. The number of benzene rings is 3. The molecule has 1 saturated carbocycles. The van der Waals surface area contributed by atoms with Crippen molar-refractivity contribution in [2.45, 2.75) is 33.9 Å². The number of para-hydroxylation sites is 1. The van der Waals surface area contributed by atoms with Crippen molar-refractivity contribution in [3.05, 3.63) is 104 Å². The molecule has 11 heteroatoms. The van der Waals surface area contributed by atoms with Crippen LogP contribution in [0.3, 0.4) is 0 Å². The van der Waals surface area contributed by atoms with Gasteiger partial charge in [0.1, 0.15) is 0 Å². The number of halogens is 1. The smallest absolute Gasteiger partial charge is 0.337 e. The van der Waals surface area contributed by atoms with Gasteiger partial charge in [-0.15, -0.1) is 23.4 Å². The van der Waals surface area contributed by atoms with Crippen molar-refractivity contribution >= 4 is 46.4 Å². The van der Waals surface area contributed by atoms with E-state index in [9.17, 15) is 25.0 Å². The van der Waals surface area contributed by atoms with Crippen LogP contribution in [0.2, 0.25) is 0 Å². The molecule has 9 nitrogen and oxygen atoms in total. The maximum atomic E-state index is 12.3. The highest BCUT2D eigenvalue weighted by Gasteiger charge is 2.50. The molecule has 1 fully saturated rings. The second-order valence-electron chi connectivity index (χ2n) is 9.02. The Kier molecular flexibility index (Phi) is 6.78. The largest absolute Gasteiger partial charge is 0.465 e. The Morgan fingerprint density at radius 1 is 1.05 bits per heavy atom. The second-order valence-corrected chi connectivity index (χ2v) is 10.8. The summed E-state index contributed by atoms with van der Waals surface area (Å²) >= 11 is 8.49. The number of nitro benzene ring substituents is 2. The molecule has 0 aromatic heterocycles. The van der Waals surface area contributed by atoms with Crippen LogP contribution in [0.15, 0.2) is 71.6 Å². The van der Waals surface area contributed by atoms with E-state index in [4.69, 9.17) is 16.3 Å². The molecule has 1 heterocycles. The molecule has 1 N–H and O–H groups in total. The highest BCUT2D eigenvalue weighted by Crippen LogP contribution is 2.58. The van der Waals surface area contributed by atoms with Crippen LogP contribution in [-0.4, -0.2) is 33.6 Å². The van der Waals surface area contributed by atoms with E-state index in [0.717, 1.165) is 16.8 Å². The first kappa shape index (κ1) is 25.0. The number of nitrogens with zero attached hydrogens (tertiary/aromatic N) is 2. The van der Waals surface area contributed by atoms with Gasteiger partial charge in [0.05, 0.1) is 38.8 Å². The van der Waals surface area contributed by atoms with Gasteiger partial charge < -0.3 is 10.1 Å². The summed E-state index contributed by atoms with van der Waals surface area (Å²) in [6.07, 6.45) is 0.609. The summed E-state index contributed by atoms with van der Waals surface area (Å²) in [4.78, 5) is 35.0. The summed E-state index contributed by atoms with van der Waals surface area (Å²) in [7, 11) is 1.32. The number of nitrogens with one attached hydrogen (secondary N) is 1. The Balaban J connectivity index is 1.57. The highest BCUT2D eigenvalue weighted by atomic mass is 35.5. The van der Waals surface area contributed by atoms with Crippen LogP contribution in [0.25, 0.3) is 0 Å². The number of thioether (sulfide) groups is 1. The lowest BCUT2D eigenvalue weighted by Crippen LogP contribution is -2.31. The summed E-state index contributed by atoms with van der Waals surface area (Å²) in [5.41, 5.74) is 2.82. The van der Waals surface area contributed by atoms with Crippen molar-refractivity contribution in [3.63, 3.8) is 0 Å². The Bertz CT molecular complexity index is 1400. The Morgan fingerprint density at radius 3 is 2.57 bits per heavy atom. The minimum atomic E-state index is -0.463. The average molecular weight is 540 g/mol. The van der Waals surface area contributed by atoms with E-state index >= 15 is 0 Å². The number of rotatable bonds is 6. The molecule has 0 bridgehead atoms. The first-order chi connectivity index (χ1) is 17.8. The van der Waals surface area contributed by atoms with Crippen molar-refractivity contribution in [2.24, 2.45) is 5.92 Å². The van der Waals surface area contributed by atoms with E-state index in [1.54, 1.807) is 48.5 Å². The van der Waals surface area contributed by atoms with Gasteiger partial charge in [-0.3, -0.25) is 20.2 Å². The SMILES string of the molecule is COC(=O)c1ccc2c(c1)C1C(Cl)C(Sc3ccccc3[N+](=O)[O-])CC1C(c1cccc([N+](=O)[O-])c1)N2. The fourth-order valence-electron chi connectivity index (χ4n) is 5.39. The van der Waals surface area contributed by atoms with E-state index in [1.165, 1.54) is 31.0 Å². The van der Waals surface area contributed by atoms with Crippen LogP contribution in [0.4, 0.5) is 17.1 Å². The molecular formula is C26H22ClN3O6S. The van der Waals surface area contributed by atoms with Crippen LogP contribution in [0.1, 0.15) is 39.9 Å². The number of methoxy groups -OCH3 is 1. The van der Waals surface area contributed by atoms with Gasteiger partial charge in [0.15, 0.2) is 0 Å². The lowest BCUT2D eigenvalue weighted by molar-refractivity contribution is -0.387. The van der Waals surface area contributed by atoms with E-state index in [2.05, 4.69) is 5.32 Å². The zero-order chi connectivity index (χ0) is 26.3. The number of nitro groups is 2. The molecule has 0 radical (unpaired) electrons. The fraction of sp³-hybridized carbons (Fsp3) is 0.269. The van der Waals surface area contributed by atoms with Crippen LogP contribution in [0, 0.1) is 26.1 Å². The third-order valence-electron chi connectivity index (χ3n) is 7.02. The number of carbonyl (C=O) groups is 1. The van der Waals surface area contributed by atoms with Crippen LogP contribution in [-0.2, 0) is 4.74 Å². The molecule has 5 rings (SSSR count). The molecule has 5 unspecified atom stereocenters. The van der Waals surface area contributed by atoms with E-state index in [-0.39, 0.29) is 34.5 Å². The van der Waals surface area contributed by atoms with E-state index < -0.39 is 21.2 Å².